The zero-order chi connectivity index (χ0) is 19.7. The van der Waals surface area contributed by atoms with E-state index in [9.17, 15) is 9.59 Å². The number of nitrogens with one attached hydrogen (secondary N) is 2. The summed E-state index contributed by atoms with van der Waals surface area (Å²) in [5.74, 6) is 0.742. The molecule has 0 radical (unpaired) electrons. The number of fused-ring (bicyclic) bond motifs is 3. The van der Waals surface area contributed by atoms with E-state index in [1.807, 2.05) is 24.3 Å². The van der Waals surface area contributed by atoms with Gasteiger partial charge in [0.2, 0.25) is 5.91 Å². The number of carbonyl (C=O) groups is 1. The Bertz CT molecular complexity index is 1070. The zero-order valence-corrected chi connectivity index (χ0v) is 17.6. The summed E-state index contributed by atoms with van der Waals surface area (Å²) in [5, 5.41) is 4.13. The standard InChI is InChI=1S/C21H23N3O2S2/c1-3-13-5-7-14(8-6-13)22-17(25)11-27-21-23-19(26)18-15-9-4-12(2)10-16(15)28-20(18)24-21/h5-8,12H,3-4,9-11H2,1-2H3,(H,22,25)(H,23,24,26). The number of amides is 1. The van der Waals surface area contributed by atoms with Crippen molar-refractivity contribution < 1.29 is 4.79 Å². The van der Waals surface area contributed by atoms with Gasteiger partial charge in [-0.2, -0.15) is 0 Å². The molecule has 1 amide bonds. The number of rotatable bonds is 5. The van der Waals surface area contributed by atoms with E-state index in [0.29, 0.717) is 11.1 Å². The van der Waals surface area contributed by atoms with Crippen LogP contribution in [-0.2, 0) is 24.1 Å². The number of H-pyrrole nitrogens is 1. The summed E-state index contributed by atoms with van der Waals surface area (Å²) in [6, 6.07) is 7.83. The molecule has 2 heterocycles. The van der Waals surface area contributed by atoms with Crippen LogP contribution in [0.15, 0.2) is 34.2 Å². The third-order valence-corrected chi connectivity index (χ3v) is 7.15. The maximum absolute atomic E-state index is 12.6. The van der Waals surface area contributed by atoms with Crippen LogP contribution in [0.25, 0.3) is 10.2 Å². The van der Waals surface area contributed by atoms with Crippen molar-refractivity contribution in [3.63, 3.8) is 0 Å². The van der Waals surface area contributed by atoms with Gasteiger partial charge < -0.3 is 10.3 Å². The largest absolute Gasteiger partial charge is 0.325 e. The van der Waals surface area contributed by atoms with Gasteiger partial charge in [-0.05, 0) is 54.9 Å². The molecule has 1 aliphatic carbocycles. The van der Waals surface area contributed by atoms with E-state index in [4.69, 9.17) is 0 Å². The lowest BCUT2D eigenvalue weighted by molar-refractivity contribution is -0.113. The van der Waals surface area contributed by atoms with Gasteiger partial charge in [0.05, 0.1) is 11.1 Å². The number of benzene rings is 1. The first kappa shape index (κ1) is 19.2. The molecule has 2 N–H and O–H groups in total. The Morgan fingerprint density at radius 2 is 2.14 bits per heavy atom. The number of hydrogen-bond donors (Lipinski definition) is 2. The first-order valence-corrected chi connectivity index (χ1v) is 11.4. The summed E-state index contributed by atoms with van der Waals surface area (Å²) in [5.41, 5.74) is 3.10. The lowest BCUT2D eigenvalue weighted by atomic mass is 9.89. The first-order valence-electron chi connectivity index (χ1n) is 9.59. The molecule has 1 aliphatic rings. The molecule has 1 atom stereocenters. The first-order chi connectivity index (χ1) is 13.5. The second-order valence-corrected chi connectivity index (χ2v) is 9.34. The van der Waals surface area contributed by atoms with Crippen LogP contribution in [0.3, 0.4) is 0 Å². The molecule has 5 nitrogen and oxygen atoms in total. The SMILES string of the molecule is CCc1ccc(NC(=O)CSc2nc3sc4c(c3c(=O)[nH]2)CCC(C)C4)cc1. The molecular weight excluding hydrogens is 390 g/mol. The molecule has 28 heavy (non-hydrogen) atoms. The van der Waals surface area contributed by atoms with Gasteiger partial charge in [-0.3, -0.25) is 9.59 Å². The smallest absolute Gasteiger partial charge is 0.260 e. The van der Waals surface area contributed by atoms with Gasteiger partial charge in [0.1, 0.15) is 4.83 Å². The fourth-order valence-electron chi connectivity index (χ4n) is 3.55. The van der Waals surface area contributed by atoms with Gasteiger partial charge in [0.15, 0.2) is 5.16 Å². The summed E-state index contributed by atoms with van der Waals surface area (Å²) in [6.45, 7) is 4.35. The van der Waals surface area contributed by atoms with E-state index in [1.54, 1.807) is 11.3 Å². The van der Waals surface area contributed by atoms with E-state index in [2.05, 4.69) is 29.1 Å². The van der Waals surface area contributed by atoms with Crippen LogP contribution in [0.1, 0.15) is 36.3 Å². The molecule has 4 rings (SSSR count). The van der Waals surface area contributed by atoms with Crippen molar-refractivity contribution in [3.05, 3.63) is 50.6 Å². The molecular formula is C21H23N3O2S2. The Morgan fingerprint density at radius 3 is 2.89 bits per heavy atom. The molecule has 1 unspecified atom stereocenters. The van der Waals surface area contributed by atoms with Crippen LogP contribution in [0.4, 0.5) is 5.69 Å². The Morgan fingerprint density at radius 1 is 1.36 bits per heavy atom. The Labute approximate surface area is 172 Å². The lowest BCUT2D eigenvalue weighted by Crippen LogP contribution is -2.16. The molecule has 0 fully saturated rings. The summed E-state index contributed by atoms with van der Waals surface area (Å²) >= 11 is 2.89. The predicted molar refractivity (Wildman–Crippen MR) is 117 cm³/mol. The van der Waals surface area contributed by atoms with E-state index in [1.165, 1.54) is 27.8 Å². The van der Waals surface area contributed by atoms with E-state index < -0.39 is 0 Å². The third-order valence-electron chi connectivity index (χ3n) is 5.13. The average Bonchev–Trinajstić information content (AvgIpc) is 3.04. The third kappa shape index (κ3) is 4.00. The number of anilines is 1. The van der Waals surface area contributed by atoms with Crippen LogP contribution in [0.5, 0.6) is 0 Å². The van der Waals surface area contributed by atoms with Crippen LogP contribution in [0.2, 0.25) is 0 Å². The number of hydrogen-bond acceptors (Lipinski definition) is 5. The number of carbonyl (C=O) groups excluding carboxylic acids is 1. The molecule has 0 saturated carbocycles. The fraction of sp³-hybridized carbons (Fsp3) is 0.381. The summed E-state index contributed by atoms with van der Waals surface area (Å²) in [4.78, 5) is 34.4. The summed E-state index contributed by atoms with van der Waals surface area (Å²) in [7, 11) is 0. The summed E-state index contributed by atoms with van der Waals surface area (Å²) < 4.78 is 0. The maximum Gasteiger partial charge on any atom is 0.260 e. The Kier molecular flexibility index (Phi) is 5.55. The topological polar surface area (TPSA) is 74.8 Å². The number of thiophene rings is 1. The number of thioether (sulfide) groups is 1. The fourth-order valence-corrected chi connectivity index (χ4v) is 5.65. The minimum atomic E-state index is -0.115. The molecule has 0 aliphatic heterocycles. The minimum Gasteiger partial charge on any atom is -0.325 e. The van der Waals surface area contributed by atoms with Crippen LogP contribution < -0.4 is 10.9 Å². The molecule has 3 aromatic rings. The Balaban J connectivity index is 1.46. The van der Waals surface area contributed by atoms with Gasteiger partial charge in [0.25, 0.3) is 5.56 Å². The Hall–Kier alpha value is -2.12. The van der Waals surface area contributed by atoms with Gasteiger partial charge >= 0.3 is 0 Å². The average molecular weight is 414 g/mol. The molecule has 2 aromatic heterocycles. The number of aryl methyl sites for hydroxylation is 2. The molecule has 146 valence electrons. The number of aromatic amines is 1. The lowest BCUT2D eigenvalue weighted by Gasteiger charge is -2.17. The van der Waals surface area contributed by atoms with Crippen molar-refractivity contribution in [3.8, 4) is 0 Å². The van der Waals surface area contributed by atoms with Gasteiger partial charge in [-0.15, -0.1) is 11.3 Å². The molecule has 0 saturated heterocycles. The summed E-state index contributed by atoms with van der Waals surface area (Å²) in [6.07, 6.45) is 4.06. The zero-order valence-electron chi connectivity index (χ0n) is 16.0. The van der Waals surface area contributed by atoms with Crippen LogP contribution in [0, 0.1) is 5.92 Å². The van der Waals surface area contributed by atoms with E-state index >= 15 is 0 Å². The normalized spacial score (nSPS) is 16.1. The van der Waals surface area contributed by atoms with Crippen molar-refractivity contribution >= 4 is 44.9 Å². The van der Waals surface area contributed by atoms with Gasteiger partial charge in [-0.1, -0.05) is 37.7 Å². The highest BCUT2D eigenvalue weighted by Crippen LogP contribution is 2.36. The van der Waals surface area contributed by atoms with E-state index in [0.717, 1.165) is 41.6 Å². The second-order valence-electron chi connectivity index (χ2n) is 7.29. The van der Waals surface area contributed by atoms with Crippen LogP contribution in [-0.4, -0.2) is 21.6 Å². The molecule has 0 bridgehead atoms. The highest BCUT2D eigenvalue weighted by Gasteiger charge is 2.23. The quantitative estimate of drug-likeness (QED) is 0.480. The van der Waals surface area contributed by atoms with Gasteiger partial charge in [-0.25, -0.2) is 4.98 Å². The molecule has 0 spiro atoms. The predicted octanol–water partition coefficient (Wildman–Crippen LogP) is 4.40. The highest BCUT2D eigenvalue weighted by atomic mass is 32.2. The van der Waals surface area contributed by atoms with Gasteiger partial charge in [0, 0.05) is 10.6 Å². The highest BCUT2D eigenvalue weighted by molar-refractivity contribution is 7.99. The van der Waals surface area contributed by atoms with Crippen molar-refractivity contribution in [1.82, 2.24) is 9.97 Å². The van der Waals surface area contributed by atoms with Crippen LogP contribution >= 0.6 is 23.1 Å². The maximum atomic E-state index is 12.6. The monoisotopic (exact) mass is 413 g/mol. The number of nitrogens with zero attached hydrogens (tertiary/aromatic N) is 1. The van der Waals surface area contributed by atoms with Crippen molar-refractivity contribution in [1.29, 1.82) is 0 Å². The van der Waals surface area contributed by atoms with E-state index in [-0.39, 0.29) is 17.2 Å². The van der Waals surface area contributed by atoms with Crippen molar-refractivity contribution in [2.75, 3.05) is 11.1 Å². The molecule has 1 aromatic carbocycles. The van der Waals surface area contributed by atoms with Crippen molar-refractivity contribution in [2.45, 2.75) is 44.7 Å². The van der Waals surface area contributed by atoms with Crippen molar-refractivity contribution in [2.24, 2.45) is 5.92 Å². The minimum absolute atomic E-state index is 0.0879. The second kappa shape index (κ2) is 8.09. The molecule has 7 heteroatoms. The number of aromatic nitrogens is 2.